The third-order valence-electron chi connectivity index (χ3n) is 5.30. The first-order chi connectivity index (χ1) is 9.32. The lowest BCUT2D eigenvalue weighted by Crippen LogP contribution is -2.38. The van der Waals surface area contributed by atoms with Crippen molar-refractivity contribution in [2.24, 2.45) is 0 Å². The molecule has 0 bridgehead atoms. The Balaban J connectivity index is 1.40. The number of hydrogen-bond donors (Lipinski definition) is 0. The summed E-state index contributed by atoms with van der Waals surface area (Å²) in [5.41, 5.74) is 0.490. The van der Waals surface area contributed by atoms with Gasteiger partial charge in [-0.15, -0.1) is 0 Å². The van der Waals surface area contributed by atoms with Crippen LogP contribution in [0.3, 0.4) is 0 Å². The van der Waals surface area contributed by atoms with Crippen molar-refractivity contribution in [2.75, 3.05) is 52.5 Å². The molecule has 0 amide bonds. The van der Waals surface area contributed by atoms with Gasteiger partial charge in [-0.05, 0) is 32.2 Å². The first kappa shape index (κ1) is 13.8. The van der Waals surface area contributed by atoms with Gasteiger partial charge in [0.25, 0.3) is 0 Å². The van der Waals surface area contributed by atoms with Crippen LogP contribution >= 0.6 is 0 Å². The maximum Gasteiger partial charge on any atom is 0.0720 e. The maximum atomic E-state index is 6.14. The minimum Gasteiger partial charge on any atom is -0.379 e. The molecule has 3 aliphatic heterocycles. The van der Waals surface area contributed by atoms with Crippen LogP contribution in [0.25, 0.3) is 0 Å². The highest BCUT2D eigenvalue weighted by molar-refractivity contribution is 5.02. The fourth-order valence-electron chi connectivity index (χ4n) is 4.07. The molecular formula is C15H28N2O2. The van der Waals surface area contributed by atoms with Gasteiger partial charge in [0.2, 0.25) is 0 Å². The van der Waals surface area contributed by atoms with Gasteiger partial charge in [-0.3, -0.25) is 9.80 Å². The predicted molar refractivity (Wildman–Crippen MR) is 75.4 cm³/mol. The van der Waals surface area contributed by atoms with E-state index in [0.29, 0.717) is 11.6 Å². The molecule has 0 aromatic rings. The molecule has 0 aromatic carbocycles. The van der Waals surface area contributed by atoms with Gasteiger partial charge in [-0.1, -0.05) is 6.92 Å². The molecular weight excluding hydrogens is 240 g/mol. The molecule has 3 rings (SSSR count). The van der Waals surface area contributed by atoms with Crippen molar-refractivity contribution in [3.63, 3.8) is 0 Å². The number of fused-ring (bicyclic) bond motifs is 1. The first-order valence-electron chi connectivity index (χ1n) is 7.99. The molecule has 0 aromatic heterocycles. The second kappa shape index (κ2) is 6.08. The third kappa shape index (κ3) is 2.97. The van der Waals surface area contributed by atoms with Crippen LogP contribution in [0.2, 0.25) is 0 Å². The van der Waals surface area contributed by atoms with E-state index in [1.807, 2.05) is 0 Å². The molecule has 0 aliphatic carbocycles. The van der Waals surface area contributed by atoms with Crippen LogP contribution in [0.5, 0.6) is 0 Å². The summed E-state index contributed by atoms with van der Waals surface area (Å²) >= 11 is 0. The standard InChI is InChI=1S/C15H28N2O2/c1-2-15-4-3-5-17(15)13-14(12-15)19-11-8-16-6-9-18-10-7-16/h14H,2-13H2,1H3. The molecule has 2 atom stereocenters. The van der Waals surface area contributed by atoms with Crippen molar-refractivity contribution in [2.45, 2.75) is 44.2 Å². The van der Waals surface area contributed by atoms with Gasteiger partial charge >= 0.3 is 0 Å². The molecule has 2 unspecified atom stereocenters. The van der Waals surface area contributed by atoms with E-state index in [9.17, 15) is 0 Å². The Kier molecular flexibility index (Phi) is 4.42. The van der Waals surface area contributed by atoms with Crippen LogP contribution in [0.15, 0.2) is 0 Å². The molecule has 3 fully saturated rings. The lowest BCUT2D eigenvalue weighted by atomic mass is 9.90. The van der Waals surface area contributed by atoms with Crippen molar-refractivity contribution in [3.05, 3.63) is 0 Å². The summed E-state index contributed by atoms with van der Waals surface area (Å²) in [6.45, 7) is 10.7. The second-order valence-corrected chi connectivity index (χ2v) is 6.28. The van der Waals surface area contributed by atoms with Gasteiger partial charge in [0.1, 0.15) is 0 Å². The van der Waals surface area contributed by atoms with Crippen LogP contribution < -0.4 is 0 Å². The summed E-state index contributed by atoms with van der Waals surface area (Å²) in [5.74, 6) is 0. The minimum atomic E-state index is 0.473. The maximum absolute atomic E-state index is 6.14. The molecule has 0 N–H and O–H groups in total. The number of rotatable bonds is 5. The summed E-state index contributed by atoms with van der Waals surface area (Å²) < 4.78 is 11.5. The lowest BCUT2D eigenvalue weighted by Gasteiger charge is -2.30. The van der Waals surface area contributed by atoms with E-state index in [2.05, 4.69) is 16.7 Å². The molecule has 19 heavy (non-hydrogen) atoms. The molecule has 110 valence electrons. The molecule has 3 aliphatic rings. The Labute approximate surface area is 117 Å². The van der Waals surface area contributed by atoms with E-state index in [1.54, 1.807) is 0 Å². The summed E-state index contributed by atoms with van der Waals surface area (Å²) in [6, 6.07) is 0. The smallest absolute Gasteiger partial charge is 0.0720 e. The van der Waals surface area contributed by atoms with Gasteiger partial charge in [0.15, 0.2) is 0 Å². The second-order valence-electron chi connectivity index (χ2n) is 6.28. The summed E-state index contributed by atoms with van der Waals surface area (Å²) in [7, 11) is 0. The molecule has 0 spiro atoms. The van der Waals surface area contributed by atoms with E-state index in [4.69, 9.17) is 9.47 Å². The largest absolute Gasteiger partial charge is 0.379 e. The van der Waals surface area contributed by atoms with Crippen LogP contribution in [0, 0.1) is 0 Å². The average molecular weight is 268 g/mol. The highest BCUT2D eigenvalue weighted by Crippen LogP contribution is 2.42. The van der Waals surface area contributed by atoms with Crippen LogP contribution in [-0.4, -0.2) is 74.0 Å². The molecule has 4 nitrogen and oxygen atoms in total. The molecule has 0 saturated carbocycles. The SMILES string of the molecule is CCC12CCCN1CC(OCCN1CCOCC1)C2. The Morgan fingerprint density at radius 2 is 2.11 bits per heavy atom. The van der Waals surface area contributed by atoms with E-state index in [1.165, 1.54) is 32.2 Å². The number of hydrogen-bond acceptors (Lipinski definition) is 4. The van der Waals surface area contributed by atoms with E-state index < -0.39 is 0 Å². The van der Waals surface area contributed by atoms with Crippen molar-refractivity contribution in [1.29, 1.82) is 0 Å². The van der Waals surface area contributed by atoms with Gasteiger partial charge in [-0.25, -0.2) is 0 Å². The zero-order valence-electron chi connectivity index (χ0n) is 12.3. The van der Waals surface area contributed by atoms with Gasteiger partial charge in [-0.2, -0.15) is 0 Å². The monoisotopic (exact) mass is 268 g/mol. The third-order valence-corrected chi connectivity index (χ3v) is 5.30. The highest BCUT2D eigenvalue weighted by atomic mass is 16.5. The van der Waals surface area contributed by atoms with E-state index in [-0.39, 0.29) is 0 Å². The van der Waals surface area contributed by atoms with Crippen molar-refractivity contribution < 1.29 is 9.47 Å². The lowest BCUT2D eigenvalue weighted by molar-refractivity contribution is 0.00359. The highest BCUT2D eigenvalue weighted by Gasteiger charge is 2.47. The molecule has 3 saturated heterocycles. The normalized spacial score (nSPS) is 36.8. The Hall–Kier alpha value is -0.160. The summed E-state index contributed by atoms with van der Waals surface area (Å²) in [5, 5.41) is 0. The van der Waals surface area contributed by atoms with Gasteiger partial charge < -0.3 is 9.47 Å². The number of nitrogens with zero attached hydrogens (tertiary/aromatic N) is 2. The minimum absolute atomic E-state index is 0.473. The fraction of sp³-hybridized carbons (Fsp3) is 1.00. The van der Waals surface area contributed by atoms with E-state index >= 15 is 0 Å². The summed E-state index contributed by atoms with van der Waals surface area (Å²) in [4.78, 5) is 5.14. The fourth-order valence-corrected chi connectivity index (χ4v) is 4.07. The van der Waals surface area contributed by atoms with Gasteiger partial charge in [0.05, 0.1) is 25.9 Å². The predicted octanol–water partition coefficient (Wildman–Crippen LogP) is 1.35. The topological polar surface area (TPSA) is 24.9 Å². The van der Waals surface area contributed by atoms with E-state index in [0.717, 1.165) is 46.0 Å². The Morgan fingerprint density at radius 1 is 1.26 bits per heavy atom. The van der Waals surface area contributed by atoms with Crippen molar-refractivity contribution >= 4 is 0 Å². The van der Waals surface area contributed by atoms with Crippen LogP contribution in [0.1, 0.15) is 32.6 Å². The average Bonchev–Trinajstić information content (AvgIpc) is 2.97. The quantitative estimate of drug-likeness (QED) is 0.751. The molecule has 0 radical (unpaired) electrons. The van der Waals surface area contributed by atoms with Crippen LogP contribution in [0.4, 0.5) is 0 Å². The van der Waals surface area contributed by atoms with Crippen molar-refractivity contribution in [1.82, 2.24) is 9.80 Å². The molecule has 4 heteroatoms. The first-order valence-corrected chi connectivity index (χ1v) is 7.99. The summed E-state index contributed by atoms with van der Waals surface area (Å²) in [6.07, 6.45) is 5.78. The van der Waals surface area contributed by atoms with Crippen LogP contribution in [-0.2, 0) is 9.47 Å². The van der Waals surface area contributed by atoms with Gasteiger partial charge in [0, 0.05) is 31.7 Å². The number of ether oxygens (including phenoxy) is 2. The Morgan fingerprint density at radius 3 is 2.84 bits per heavy atom. The molecule has 3 heterocycles. The number of morpholine rings is 1. The van der Waals surface area contributed by atoms with Crippen molar-refractivity contribution in [3.8, 4) is 0 Å². The Bertz CT molecular complexity index is 294. The zero-order chi connectivity index (χ0) is 13.1. The zero-order valence-corrected chi connectivity index (χ0v) is 12.3.